The molecule has 0 aliphatic carbocycles. The molecule has 1 aromatic heterocycles. The quantitative estimate of drug-likeness (QED) is 0.455. The molecule has 208 valence electrons. The monoisotopic (exact) mass is 594 g/mol. The number of likely N-dealkylation sites (tertiary alicyclic amines) is 1. The van der Waals surface area contributed by atoms with Crippen molar-refractivity contribution in [1.82, 2.24) is 9.88 Å². The summed E-state index contributed by atoms with van der Waals surface area (Å²) in [4.78, 5) is 44.8. The van der Waals surface area contributed by atoms with E-state index in [0.29, 0.717) is 40.4 Å². The van der Waals surface area contributed by atoms with Gasteiger partial charge >= 0.3 is 12.1 Å². The Morgan fingerprint density at radius 3 is 2.54 bits per heavy atom. The molecule has 14 heteroatoms. The second-order valence-corrected chi connectivity index (χ2v) is 13.4. The van der Waals surface area contributed by atoms with Gasteiger partial charge in [-0.25, -0.2) is 27.9 Å². The first kappa shape index (κ1) is 28.6. The number of carbonyl (C=O) groups is 3. The number of aromatic nitrogens is 1. The largest absolute Gasteiger partial charge is 0.488 e. The van der Waals surface area contributed by atoms with Gasteiger partial charge in [-0.3, -0.25) is 4.79 Å². The van der Waals surface area contributed by atoms with Gasteiger partial charge in [0.15, 0.2) is 9.84 Å². The van der Waals surface area contributed by atoms with Crippen LogP contribution in [-0.2, 0) is 14.6 Å². The molecule has 1 aliphatic heterocycles. The van der Waals surface area contributed by atoms with Crippen molar-refractivity contribution in [2.75, 3.05) is 24.2 Å². The van der Waals surface area contributed by atoms with Gasteiger partial charge in [-0.1, -0.05) is 22.9 Å². The molecular weight excluding hydrogens is 568 g/mol. The Labute approximate surface area is 234 Å². The van der Waals surface area contributed by atoms with E-state index in [4.69, 9.17) is 26.8 Å². The zero-order chi connectivity index (χ0) is 28.7. The third-order valence-electron chi connectivity index (χ3n) is 5.66. The lowest BCUT2D eigenvalue weighted by Crippen LogP contribution is -2.41. The molecule has 4 rings (SSSR count). The van der Waals surface area contributed by atoms with Crippen LogP contribution in [-0.4, -0.2) is 67.4 Å². The van der Waals surface area contributed by atoms with Crippen molar-refractivity contribution in [2.45, 2.75) is 43.8 Å². The normalized spacial score (nSPS) is 15.8. The zero-order valence-corrected chi connectivity index (χ0v) is 24.0. The van der Waals surface area contributed by atoms with E-state index in [2.05, 4.69) is 4.98 Å². The first-order valence-electron chi connectivity index (χ1n) is 11.8. The van der Waals surface area contributed by atoms with Gasteiger partial charge < -0.3 is 20.1 Å². The van der Waals surface area contributed by atoms with Crippen LogP contribution < -0.4 is 15.4 Å². The van der Waals surface area contributed by atoms with Gasteiger partial charge in [0.1, 0.15) is 17.5 Å². The minimum Gasteiger partial charge on any atom is -0.488 e. The number of imide groups is 1. The molecule has 0 saturated carbocycles. The minimum atomic E-state index is -3.47. The predicted octanol–water partition coefficient (Wildman–Crippen LogP) is 4.47. The van der Waals surface area contributed by atoms with Crippen molar-refractivity contribution in [3.63, 3.8) is 0 Å². The minimum absolute atomic E-state index is 0.0423. The molecule has 1 atom stereocenters. The number of nitrogens with two attached hydrogens (primary N) is 1. The van der Waals surface area contributed by atoms with Crippen LogP contribution in [0.4, 0.5) is 14.7 Å². The number of fused-ring (bicyclic) bond motifs is 1. The molecule has 4 amide bonds. The van der Waals surface area contributed by atoms with Gasteiger partial charge in [0.25, 0.3) is 5.91 Å². The lowest BCUT2D eigenvalue weighted by Gasteiger charge is -2.24. The Balaban J connectivity index is 1.56. The summed E-state index contributed by atoms with van der Waals surface area (Å²) in [5.74, 6) is -0.521. The van der Waals surface area contributed by atoms with Crippen LogP contribution in [0.5, 0.6) is 5.75 Å². The van der Waals surface area contributed by atoms with Gasteiger partial charge in [0.05, 0.1) is 32.2 Å². The summed E-state index contributed by atoms with van der Waals surface area (Å²) in [6.45, 7) is 6.12. The Kier molecular flexibility index (Phi) is 7.79. The number of hydrogen-bond donors (Lipinski definition) is 1. The number of rotatable bonds is 5. The van der Waals surface area contributed by atoms with Crippen molar-refractivity contribution >= 4 is 66.2 Å². The molecule has 2 N–H and O–H groups in total. The number of hydrogen-bond acceptors (Lipinski definition) is 9. The second-order valence-electron chi connectivity index (χ2n) is 9.97. The summed E-state index contributed by atoms with van der Waals surface area (Å²) < 4.78 is 35.7. The average molecular weight is 595 g/mol. The van der Waals surface area contributed by atoms with Gasteiger partial charge in [0, 0.05) is 19.2 Å². The summed E-state index contributed by atoms with van der Waals surface area (Å²) >= 11 is 7.25. The van der Waals surface area contributed by atoms with E-state index in [1.54, 1.807) is 31.7 Å². The van der Waals surface area contributed by atoms with E-state index in [1.807, 2.05) is 0 Å². The molecular formula is C25H27ClN4O7S2. The summed E-state index contributed by atoms with van der Waals surface area (Å²) in [5.41, 5.74) is 5.27. The predicted molar refractivity (Wildman–Crippen MR) is 147 cm³/mol. The number of ether oxygens (including phenoxy) is 2. The Bertz CT molecular complexity index is 1570. The highest BCUT2D eigenvalue weighted by atomic mass is 35.5. The number of halogens is 1. The number of nitrogens with zero attached hydrogens (tertiary/aromatic N) is 3. The van der Waals surface area contributed by atoms with E-state index >= 15 is 0 Å². The number of thiazole rings is 1. The number of anilines is 1. The number of primary amides is 1. The zero-order valence-electron chi connectivity index (χ0n) is 21.6. The Morgan fingerprint density at radius 1 is 1.18 bits per heavy atom. The molecule has 2 heterocycles. The Morgan fingerprint density at radius 2 is 1.90 bits per heavy atom. The maximum absolute atomic E-state index is 13.5. The molecule has 3 aromatic rings. The van der Waals surface area contributed by atoms with Crippen LogP contribution in [0.15, 0.2) is 41.3 Å². The summed E-state index contributed by atoms with van der Waals surface area (Å²) in [5, 5.41) is 0.0141. The van der Waals surface area contributed by atoms with E-state index in [0.717, 1.165) is 17.6 Å². The molecule has 1 aliphatic rings. The first-order chi connectivity index (χ1) is 18.1. The number of benzene rings is 2. The van der Waals surface area contributed by atoms with Crippen molar-refractivity contribution in [3.8, 4) is 5.75 Å². The molecule has 1 unspecified atom stereocenters. The molecule has 39 heavy (non-hydrogen) atoms. The van der Waals surface area contributed by atoms with Crippen molar-refractivity contribution in [3.05, 3.63) is 47.0 Å². The van der Waals surface area contributed by atoms with Crippen LogP contribution in [0.25, 0.3) is 10.2 Å². The standard InChI is InChI=1S/C25H27ClN4O7S2/c1-25(2,3)37-24(33)29-10-9-15(13-29)36-14-5-7-18(26)17(11-14)21(31)30(22(27)32)23-28-19-8-6-16(39(4,34)35)12-20(19)38-23/h5-8,11-12,15H,9-10,13H2,1-4H3,(H2,27,32). The third-order valence-corrected chi connectivity index (χ3v) is 8.10. The highest BCUT2D eigenvalue weighted by Crippen LogP contribution is 2.33. The number of amides is 4. The highest BCUT2D eigenvalue weighted by molar-refractivity contribution is 7.90. The molecule has 0 bridgehead atoms. The van der Waals surface area contributed by atoms with Crippen molar-refractivity contribution in [2.24, 2.45) is 5.73 Å². The molecule has 2 aromatic carbocycles. The molecule has 0 spiro atoms. The van der Waals surface area contributed by atoms with Crippen LogP contribution in [0.3, 0.4) is 0 Å². The Hall–Kier alpha value is -3.42. The summed E-state index contributed by atoms with van der Waals surface area (Å²) in [6.07, 6.45) is 0.853. The average Bonchev–Trinajstić information content (AvgIpc) is 3.45. The fourth-order valence-corrected chi connectivity index (χ4v) is 5.80. The van der Waals surface area contributed by atoms with Gasteiger partial charge in [-0.2, -0.15) is 0 Å². The highest BCUT2D eigenvalue weighted by Gasteiger charge is 2.32. The topological polar surface area (TPSA) is 149 Å². The van der Waals surface area contributed by atoms with Crippen molar-refractivity contribution < 1.29 is 32.3 Å². The smallest absolute Gasteiger partial charge is 0.410 e. The van der Waals surface area contributed by atoms with E-state index in [1.165, 1.54) is 30.3 Å². The fourth-order valence-electron chi connectivity index (χ4n) is 3.87. The van der Waals surface area contributed by atoms with E-state index < -0.39 is 33.5 Å². The summed E-state index contributed by atoms with van der Waals surface area (Å²) in [7, 11) is -3.47. The molecule has 0 radical (unpaired) electrons. The van der Waals surface area contributed by atoms with Gasteiger partial charge in [-0.05, 0) is 57.2 Å². The number of urea groups is 1. The summed E-state index contributed by atoms with van der Waals surface area (Å²) in [6, 6.07) is 7.63. The van der Waals surface area contributed by atoms with Crippen LogP contribution in [0, 0.1) is 0 Å². The lowest BCUT2D eigenvalue weighted by molar-refractivity contribution is 0.0275. The maximum atomic E-state index is 13.5. The fraction of sp³-hybridized carbons (Fsp3) is 0.360. The van der Waals surface area contributed by atoms with E-state index in [9.17, 15) is 22.8 Å². The second kappa shape index (κ2) is 10.6. The van der Waals surface area contributed by atoms with E-state index in [-0.39, 0.29) is 26.7 Å². The number of carbonyl (C=O) groups excluding carboxylic acids is 3. The van der Waals surface area contributed by atoms with Crippen LogP contribution in [0.2, 0.25) is 5.02 Å². The maximum Gasteiger partial charge on any atom is 0.410 e. The van der Waals surface area contributed by atoms with Crippen LogP contribution in [0.1, 0.15) is 37.6 Å². The lowest BCUT2D eigenvalue weighted by atomic mass is 10.2. The van der Waals surface area contributed by atoms with Crippen molar-refractivity contribution in [1.29, 1.82) is 0 Å². The third kappa shape index (κ3) is 6.60. The van der Waals surface area contributed by atoms with Crippen LogP contribution >= 0.6 is 22.9 Å². The van der Waals surface area contributed by atoms with Gasteiger partial charge in [0.2, 0.25) is 5.13 Å². The SMILES string of the molecule is CC(C)(C)OC(=O)N1CCC(Oc2ccc(Cl)c(C(=O)N(C(N)=O)c3nc4ccc(S(C)(=O)=O)cc4s3)c2)C1. The first-order valence-corrected chi connectivity index (χ1v) is 14.9. The molecule has 11 nitrogen and oxygen atoms in total. The molecule has 1 saturated heterocycles. The number of sulfone groups is 1. The molecule has 1 fully saturated rings. The van der Waals surface area contributed by atoms with Gasteiger partial charge in [-0.15, -0.1) is 0 Å².